The number of hydroxylamine groups is 2. The van der Waals surface area contributed by atoms with Crippen LogP contribution >= 0.6 is 0 Å². The molecule has 0 bridgehead atoms. The summed E-state index contributed by atoms with van der Waals surface area (Å²) in [5.74, 6) is 0. The maximum atomic E-state index is 9.12. The van der Waals surface area contributed by atoms with Crippen LogP contribution in [0.15, 0.2) is 0 Å². The first-order chi connectivity index (χ1) is 7.90. The Hall–Kier alpha value is -0.240. The van der Waals surface area contributed by atoms with E-state index in [2.05, 4.69) is 0 Å². The zero-order valence-corrected chi connectivity index (χ0v) is 11.1. The van der Waals surface area contributed by atoms with Gasteiger partial charge in [-0.2, -0.15) is 5.06 Å². The highest BCUT2D eigenvalue weighted by atomic mass is 16.7. The van der Waals surface area contributed by atoms with Gasteiger partial charge in [-0.05, 0) is 20.8 Å². The number of ether oxygens (including phenoxy) is 1. The molecule has 0 aromatic carbocycles. The lowest BCUT2D eigenvalue weighted by Crippen LogP contribution is -2.43. The van der Waals surface area contributed by atoms with E-state index in [0.29, 0.717) is 0 Å². The molecule has 0 rings (SSSR count). The predicted molar refractivity (Wildman–Crippen MR) is 63.1 cm³/mol. The largest absolute Gasteiger partial charge is 0.396 e. The van der Waals surface area contributed by atoms with Crippen LogP contribution in [0.5, 0.6) is 0 Å². The van der Waals surface area contributed by atoms with Crippen LogP contribution in [0.3, 0.4) is 0 Å². The van der Waals surface area contributed by atoms with Gasteiger partial charge in [0, 0.05) is 7.05 Å². The summed E-state index contributed by atoms with van der Waals surface area (Å²) < 4.78 is 5.49. The number of nitrogens with zero attached hydrogens (tertiary/aromatic N) is 1. The fourth-order valence-corrected chi connectivity index (χ4v) is 1.11. The summed E-state index contributed by atoms with van der Waals surface area (Å²) in [5, 5.41) is 28.9. The summed E-state index contributed by atoms with van der Waals surface area (Å²) in [5.41, 5.74) is -1.02. The van der Waals surface area contributed by atoms with Gasteiger partial charge < -0.3 is 20.1 Å². The topological polar surface area (TPSA) is 82.4 Å². The van der Waals surface area contributed by atoms with E-state index in [1.165, 1.54) is 5.06 Å². The molecule has 0 aromatic heterocycles. The molecular formula is C11H25NO5. The lowest BCUT2D eigenvalue weighted by atomic mass is 9.93. The second kappa shape index (κ2) is 7.97. The fourth-order valence-electron chi connectivity index (χ4n) is 1.11. The van der Waals surface area contributed by atoms with Crippen molar-refractivity contribution in [2.45, 2.75) is 33.1 Å². The maximum Gasteiger partial charge on any atom is 0.130 e. The first-order valence-electron chi connectivity index (χ1n) is 5.74. The van der Waals surface area contributed by atoms with Gasteiger partial charge in [0.1, 0.15) is 6.23 Å². The Morgan fingerprint density at radius 3 is 1.88 bits per heavy atom. The van der Waals surface area contributed by atoms with E-state index in [0.717, 1.165) is 0 Å². The zero-order chi connectivity index (χ0) is 13.5. The van der Waals surface area contributed by atoms with Gasteiger partial charge in [-0.25, -0.2) is 0 Å². The Balaban J connectivity index is 4.16. The minimum Gasteiger partial charge on any atom is -0.396 e. The van der Waals surface area contributed by atoms with Crippen molar-refractivity contribution in [1.82, 2.24) is 5.06 Å². The maximum absolute atomic E-state index is 9.12. The smallest absolute Gasteiger partial charge is 0.130 e. The number of hydrogen-bond acceptors (Lipinski definition) is 6. The highest BCUT2D eigenvalue weighted by Gasteiger charge is 2.30. The molecule has 0 aliphatic carbocycles. The van der Waals surface area contributed by atoms with Crippen LogP contribution in [0.1, 0.15) is 20.8 Å². The summed E-state index contributed by atoms with van der Waals surface area (Å²) >= 11 is 0. The van der Waals surface area contributed by atoms with Gasteiger partial charge in [0.25, 0.3) is 0 Å². The van der Waals surface area contributed by atoms with Crippen molar-refractivity contribution in [3.63, 3.8) is 0 Å². The molecule has 1 atom stereocenters. The lowest BCUT2D eigenvalue weighted by molar-refractivity contribution is -0.261. The molecule has 0 radical (unpaired) electrons. The molecule has 1 unspecified atom stereocenters. The minimum atomic E-state index is -1.02. The average molecular weight is 251 g/mol. The molecule has 17 heavy (non-hydrogen) atoms. The van der Waals surface area contributed by atoms with Gasteiger partial charge >= 0.3 is 0 Å². The van der Waals surface area contributed by atoms with Gasteiger partial charge in [-0.15, -0.1) is 0 Å². The van der Waals surface area contributed by atoms with Crippen molar-refractivity contribution in [3.8, 4) is 0 Å². The number of aliphatic hydroxyl groups excluding tert-OH is 3. The molecule has 0 aliphatic rings. The molecule has 0 spiro atoms. The van der Waals surface area contributed by atoms with E-state index < -0.39 is 5.41 Å². The Morgan fingerprint density at radius 2 is 1.53 bits per heavy atom. The minimum absolute atomic E-state index is 0.0266. The standard InChI is InChI=1S/C11H25NO5/c1-9(2)17-10(3)12(4)16-8-11(5-13,6-14)7-15/h9-10,13-15H,5-8H2,1-4H3. The van der Waals surface area contributed by atoms with Crippen molar-refractivity contribution in [2.75, 3.05) is 33.5 Å². The van der Waals surface area contributed by atoms with Crippen LogP contribution in [-0.2, 0) is 9.57 Å². The summed E-state index contributed by atoms with van der Waals surface area (Å²) in [6, 6.07) is 0. The van der Waals surface area contributed by atoms with Crippen molar-refractivity contribution in [2.24, 2.45) is 5.41 Å². The van der Waals surface area contributed by atoms with Crippen LogP contribution < -0.4 is 0 Å². The van der Waals surface area contributed by atoms with E-state index >= 15 is 0 Å². The quantitative estimate of drug-likeness (QED) is 0.381. The third kappa shape index (κ3) is 5.76. The van der Waals surface area contributed by atoms with E-state index in [-0.39, 0.29) is 38.8 Å². The highest BCUT2D eigenvalue weighted by molar-refractivity contribution is 4.76. The van der Waals surface area contributed by atoms with E-state index in [1.54, 1.807) is 7.05 Å². The summed E-state index contributed by atoms with van der Waals surface area (Å²) in [7, 11) is 1.70. The van der Waals surface area contributed by atoms with Crippen LogP contribution in [0.2, 0.25) is 0 Å². The Labute approximate surface area is 103 Å². The van der Waals surface area contributed by atoms with Crippen molar-refractivity contribution in [3.05, 3.63) is 0 Å². The third-order valence-electron chi connectivity index (χ3n) is 2.56. The van der Waals surface area contributed by atoms with Crippen LogP contribution in [0.25, 0.3) is 0 Å². The lowest BCUT2D eigenvalue weighted by Gasteiger charge is -2.31. The van der Waals surface area contributed by atoms with Gasteiger partial charge in [0.15, 0.2) is 0 Å². The molecule has 0 aromatic rings. The molecule has 0 aliphatic heterocycles. The first-order valence-corrected chi connectivity index (χ1v) is 5.74. The molecule has 3 N–H and O–H groups in total. The molecule has 104 valence electrons. The average Bonchev–Trinajstić information content (AvgIpc) is 2.30. The van der Waals surface area contributed by atoms with Crippen LogP contribution in [-0.4, -0.2) is 66.2 Å². The fraction of sp³-hybridized carbons (Fsp3) is 1.00. The van der Waals surface area contributed by atoms with Crippen molar-refractivity contribution in [1.29, 1.82) is 0 Å². The second-order valence-electron chi connectivity index (χ2n) is 4.58. The number of hydrogen-bond donors (Lipinski definition) is 3. The molecule has 0 fully saturated rings. The van der Waals surface area contributed by atoms with Crippen LogP contribution in [0.4, 0.5) is 0 Å². The van der Waals surface area contributed by atoms with E-state index in [4.69, 9.17) is 24.9 Å². The molecule has 6 heteroatoms. The zero-order valence-electron chi connectivity index (χ0n) is 11.1. The SMILES string of the molecule is CC(C)OC(C)N(C)OCC(CO)(CO)CO. The molecule has 0 heterocycles. The third-order valence-corrected chi connectivity index (χ3v) is 2.56. The molecule has 0 amide bonds. The Kier molecular flexibility index (Phi) is 7.85. The second-order valence-corrected chi connectivity index (χ2v) is 4.58. The van der Waals surface area contributed by atoms with Gasteiger partial charge in [-0.3, -0.25) is 4.84 Å². The van der Waals surface area contributed by atoms with Crippen LogP contribution in [0, 0.1) is 5.41 Å². The first kappa shape index (κ1) is 16.8. The summed E-state index contributed by atoms with van der Waals surface area (Å²) in [6.07, 6.45) is -0.168. The van der Waals surface area contributed by atoms with E-state index in [1.807, 2.05) is 20.8 Å². The van der Waals surface area contributed by atoms with E-state index in [9.17, 15) is 0 Å². The predicted octanol–water partition coefficient (Wildman–Crippen LogP) is -0.416. The number of aliphatic hydroxyl groups is 3. The van der Waals surface area contributed by atoms with Gasteiger partial charge in [0.05, 0.1) is 37.9 Å². The molecule has 6 nitrogen and oxygen atoms in total. The molecule has 0 saturated carbocycles. The summed E-state index contributed by atoms with van der Waals surface area (Å²) in [6.45, 7) is 4.68. The number of rotatable bonds is 9. The monoisotopic (exact) mass is 251 g/mol. The Morgan fingerprint density at radius 1 is 1.06 bits per heavy atom. The molecule has 0 saturated heterocycles. The summed E-state index contributed by atoms with van der Waals surface area (Å²) in [4.78, 5) is 5.37. The van der Waals surface area contributed by atoms with Gasteiger partial charge in [-0.1, -0.05) is 0 Å². The van der Waals surface area contributed by atoms with Crippen molar-refractivity contribution >= 4 is 0 Å². The van der Waals surface area contributed by atoms with Crippen molar-refractivity contribution < 1.29 is 24.9 Å². The van der Waals surface area contributed by atoms with Gasteiger partial charge in [0.2, 0.25) is 0 Å². The Bertz CT molecular complexity index is 188. The molecular weight excluding hydrogens is 226 g/mol. The normalized spacial score (nSPS) is 14.6. The highest BCUT2D eigenvalue weighted by Crippen LogP contribution is 2.16.